The first-order valence-corrected chi connectivity index (χ1v) is 7.99. The van der Waals surface area contributed by atoms with Gasteiger partial charge in [-0.1, -0.05) is 18.2 Å². The second-order valence-electron chi connectivity index (χ2n) is 6.55. The fourth-order valence-electron chi connectivity index (χ4n) is 3.32. The van der Waals surface area contributed by atoms with Gasteiger partial charge in [0.1, 0.15) is 6.04 Å². The Labute approximate surface area is 126 Å². The van der Waals surface area contributed by atoms with Crippen LogP contribution in [0.2, 0.25) is 0 Å². The highest BCUT2D eigenvalue weighted by molar-refractivity contribution is 5.87. The second kappa shape index (κ2) is 6.06. The number of para-hydroxylation sites is 1. The van der Waals surface area contributed by atoms with Crippen LogP contribution in [0.25, 0.3) is 0 Å². The molecule has 0 radical (unpaired) electrons. The number of anilines is 1. The van der Waals surface area contributed by atoms with Crippen molar-refractivity contribution in [3.8, 4) is 0 Å². The Kier molecular flexibility index (Phi) is 4.15. The highest BCUT2D eigenvalue weighted by Gasteiger charge is 2.28. The van der Waals surface area contributed by atoms with Gasteiger partial charge in [-0.25, -0.2) is 0 Å². The first-order chi connectivity index (χ1) is 10.1. The van der Waals surface area contributed by atoms with Crippen molar-refractivity contribution in [2.75, 3.05) is 25.0 Å². The van der Waals surface area contributed by atoms with Gasteiger partial charge in [-0.2, -0.15) is 0 Å². The summed E-state index contributed by atoms with van der Waals surface area (Å²) in [6.07, 6.45) is 1.99. The lowest BCUT2D eigenvalue weighted by atomic mass is 10.1. The summed E-state index contributed by atoms with van der Waals surface area (Å²) in [6, 6.07) is 8.67. The smallest absolute Gasteiger partial charge is 0.242 e. The van der Waals surface area contributed by atoms with Gasteiger partial charge in [0.15, 0.2) is 0 Å². The first kappa shape index (κ1) is 14.4. The van der Waals surface area contributed by atoms with Crippen molar-refractivity contribution in [2.24, 2.45) is 5.92 Å². The number of fused-ring (bicyclic) bond motifs is 1. The molecule has 1 saturated heterocycles. The molecular weight excluding hydrogens is 262 g/mol. The minimum atomic E-state index is -0.106. The molecule has 2 aliphatic heterocycles. The molecule has 0 spiro atoms. The maximum absolute atomic E-state index is 12.3. The molecule has 2 heterocycles. The summed E-state index contributed by atoms with van der Waals surface area (Å²) in [5, 5.41) is 6.45. The Morgan fingerprint density at radius 1 is 1.43 bits per heavy atom. The molecule has 1 fully saturated rings. The normalized spacial score (nSPS) is 24.9. The van der Waals surface area contributed by atoms with E-state index in [0.29, 0.717) is 12.0 Å². The third-order valence-electron chi connectivity index (χ3n) is 4.70. The van der Waals surface area contributed by atoms with E-state index in [2.05, 4.69) is 35.4 Å². The zero-order chi connectivity index (χ0) is 14.8. The molecule has 2 atom stereocenters. The van der Waals surface area contributed by atoms with E-state index in [1.807, 2.05) is 18.2 Å². The maximum Gasteiger partial charge on any atom is 0.242 e. The average molecular weight is 287 g/mol. The van der Waals surface area contributed by atoms with Crippen LogP contribution in [-0.4, -0.2) is 42.5 Å². The Balaban J connectivity index is 1.46. The summed E-state index contributed by atoms with van der Waals surface area (Å²) in [7, 11) is 0. The van der Waals surface area contributed by atoms with Gasteiger partial charge >= 0.3 is 0 Å². The summed E-state index contributed by atoms with van der Waals surface area (Å²) in [6.45, 7) is 7.54. The van der Waals surface area contributed by atoms with E-state index < -0.39 is 0 Å². The molecule has 3 rings (SSSR count). The lowest BCUT2D eigenvalue weighted by Crippen LogP contribution is -2.41. The summed E-state index contributed by atoms with van der Waals surface area (Å²) in [5.74, 6) is 0.731. The second-order valence-corrected chi connectivity index (χ2v) is 6.55. The molecule has 4 nitrogen and oxygen atoms in total. The number of benzene rings is 1. The van der Waals surface area contributed by atoms with E-state index >= 15 is 0 Å². The number of amides is 1. The Hall–Kier alpha value is -1.55. The third-order valence-corrected chi connectivity index (χ3v) is 4.70. The fourth-order valence-corrected chi connectivity index (χ4v) is 3.32. The first-order valence-electron chi connectivity index (χ1n) is 7.99. The van der Waals surface area contributed by atoms with Crippen LogP contribution in [0.3, 0.4) is 0 Å². The molecule has 1 aromatic rings. The zero-order valence-corrected chi connectivity index (χ0v) is 12.9. The van der Waals surface area contributed by atoms with E-state index in [0.717, 1.165) is 31.7 Å². The van der Waals surface area contributed by atoms with Gasteiger partial charge in [0.05, 0.1) is 0 Å². The van der Waals surface area contributed by atoms with Crippen LogP contribution >= 0.6 is 0 Å². The minimum Gasteiger partial charge on any atom is -0.373 e. The Morgan fingerprint density at radius 2 is 2.24 bits per heavy atom. The average Bonchev–Trinajstić information content (AvgIpc) is 3.11. The van der Waals surface area contributed by atoms with Crippen LogP contribution in [0.15, 0.2) is 24.3 Å². The van der Waals surface area contributed by atoms with Crippen molar-refractivity contribution in [3.05, 3.63) is 29.8 Å². The van der Waals surface area contributed by atoms with E-state index in [1.54, 1.807) is 0 Å². The Morgan fingerprint density at radius 3 is 2.95 bits per heavy atom. The van der Waals surface area contributed by atoms with Gasteiger partial charge in [0, 0.05) is 31.2 Å². The summed E-state index contributed by atoms with van der Waals surface area (Å²) < 4.78 is 0. The number of carbonyl (C=O) groups excluding carboxylic acids is 1. The molecule has 0 bridgehead atoms. The molecule has 1 amide bonds. The number of nitrogens with zero attached hydrogens (tertiary/aromatic N) is 1. The molecule has 114 valence electrons. The highest BCUT2D eigenvalue weighted by Crippen LogP contribution is 2.25. The number of rotatable bonds is 4. The lowest BCUT2D eigenvalue weighted by molar-refractivity contribution is -0.121. The monoisotopic (exact) mass is 287 g/mol. The van der Waals surface area contributed by atoms with Crippen molar-refractivity contribution >= 4 is 11.6 Å². The van der Waals surface area contributed by atoms with Gasteiger partial charge in [-0.15, -0.1) is 0 Å². The van der Waals surface area contributed by atoms with Crippen molar-refractivity contribution in [3.63, 3.8) is 0 Å². The largest absolute Gasteiger partial charge is 0.373 e. The number of likely N-dealkylation sites (tertiary alicyclic amines) is 1. The number of hydrogen-bond donors (Lipinski definition) is 2. The Bertz CT molecular complexity index is 490. The number of nitrogens with one attached hydrogen (secondary N) is 2. The van der Waals surface area contributed by atoms with E-state index in [9.17, 15) is 4.79 Å². The van der Waals surface area contributed by atoms with Crippen LogP contribution < -0.4 is 10.6 Å². The van der Waals surface area contributed by atoms with Crippen LogP contribution in [0, 0.1) is 5.92 Å². The fraction of sp³-hybridized carbons (Fsp3) is 0.588. The molecule has 4 heteroatoms. The molecule has 1 aromatic carbocycles. The van der Waals surface area contributed by atoms with Crippen LogP contribution in [0.5, 0.6) is 0 Å². The SMILES string of the molecule is CC(C)N1CCC(CNC(=O)[C@@H]2Cc3ccccc3N2)C1. The quantitative estimate of drug-likeness (QED) is 0.888. The summed E-state index contributed by atoms with van der Waals surface area (Å²) in [4.78, 5) is 14.8. The van der Waals surface area contributed by atoms with Crippen LogP contribution in [-0.2, 0) is 11.2 Å². The van der Waals surface area contributed by atoms with Crippen molar-refractivity contribution in [2.45, 2.75) is 38.8 Å². The standard InChI is InChI=1S/C17H25N3O/c1-12(2)20-8-7-13(11-20)10-18-17(21)16-9-14-5-3-4-6-15(14)19-16/h3-6,12-13,16,19H,7-11H2,1-2H3,(H,18,21)/t13?,16-/m0/s1. The zero-order valence-electron chi connectivity index (χ0n) is 12.9. The van der Waals surface area contributed by atoms with Crippen molar-refractivity contribution < 1.29 is 4.79 Å². The molecule has 2 N–H and O–H groups in total. The van der Waals surface area contributed by atoms with Crippen molar-refractivity contribution in [1.82, 2.24) is 10.2 Å². The van der Waals surface area contributed by atoms with Gasteiger partial charge in [0.25, 0.3) is 0 Å². The van der Waals surface area contributed by atoms with E-state index in [4.69, 9.17) is 0 Å². The van der Waals surface area contributed by atoms with Crippen LogP contribution in [0.1, 0.15) is 25.8 Å². The summed E-state index contributed by atoms with van der Waals surface area (Å²) in [5.41, 5.74) is 2.34. The van der Waals surface area contributed by atoms with Gasteiger partial charge in [-0.05, 0) is 44.4 Å². The number of carbonyl (C=O) groups is 1. The van der Waals surface area contributed by atoms with E-state index in [-0.39, 0.29) is 11.9 Å². The predicted molar refractivity (Wildman–Crippen MR) is 85.4 cm³/mol. The van der Waals surface area contributed by atoms with Crippen LogP contribution in [0.4, 0.5) is 5.69 Å². The summed E-state index contributed by atoms with van der Waals surface area (Å²) >= 11 is 0. The lowest BCUT2D eigenvalue weighted by Gasteiger charge is -2.20. The van der Waals surface area contributed by atoms with Gasteiger partial charge in [0.2, 0.25) is 5.91 Å². The van der Waals surface area contributed by atoms with E-state index in [1.165, 1.54) is 12.0 Å². The number of hydrogen-bond acceptors (Lipinski definition) is 3. The predicted octanol–water partition coefficient (Wildman–Crippen LogP) is 1.87. The molecular formula is C17H25N3O. The molecule has 0 saturated carbocycles. The highest BCUT2D eigenvalue weighted by atomic mass is 16.2. The van der Waals surface area contributed by atoms with Gasteiger partial charge in [-0.3, -0.25) is 4.79 Å². The molecule has 0 aromatic heterocycles. The molecule has 0 aliphatic carbocycles. The minimum absolute atomic E-state index is 0.106. The van der Waals surface area contributed by atoms with Crippen molar-refractivity contribution in [1.29, 1.82) is 0 Å². The molecule has 2 aliphatic rings. The van der Waals surface area contributed by atoms with Gasteiger partial charge < -0.3 is 15.5 Å². The molecule has 21 heavy (non-hydrogen) atoms. The third kappa shape index (κ3) is 3.21. The maximum atomic E-state index is 12.3. The molecule has 1 unspecified atom stereocenters. The topological polar surface area (TPSA) is 44.4 Å².